The van der Waals surface area contributed by atoms with E-state index in [9.17, 15) is 8.42 Å². The van der Waals surface area contributed by atoms with Gasteiger partial charge in [-0.25, -0.2) is 13.4 Å². The van der Waals surface area contributed by atoms with Crippen LogP contribution in [0.15, 0.2) is 5.16 Å². The predicted octanol–water partition coefficient (Wildman–Crippen LogP) is 0.454. The van der Waals surface area contributed by atoms with Gasteiger partial charge < -0.3 is 4.74 Å². The molecule has 0 spiro atoms. The van der Waals surface area contributed by atoms with Crippen LogP contribution in [-0.4, -0.2) is 36.3 Å². The number of aromatic nitrogens is 3. The summed E-state index contributed by atoms with van der Waals surface area (Å²) in [7, 11) is 1.25. The van der Waals surface area contributed by atoms with E-state index in [-0.39, 0.29) is 11.3 Å². The zero-order valence-electron chi connectivity index (χ0n) is 7.81. The molecule has 1 N–H and O–H groups in total. The molecule has 1 saturated heterocycles. The molecule has 2 heterocycles. The van der Waals surface area contributed by atoms with Crippen LogP contribution in [0.3, 0.4) is 0 Å². The van der Waals surface area contributed by atoms with Crippen LogP contribution >= 0.6 is 10.7 Å². The SMILES string of the molecule is O=S(=O)(Cl)c1n[nH]c(CC2CCCO2)n1. The fraction of sp³-hybridized carbons (Fsp3) is 0.714. The summed E-state index contributed by atoms with van der Waals surface area (Å²) in [4.78, 5) is 3.78. The predicted molar refractivity (Wildman–Crippen MR) is 52.1 cm³/mol. The lowest BCUT2D eigenvalue weighted by Gasteiger charge is -2.04. The summed E-state index contributed by atoms with van der Waals surface area (Å²) in [6, 6.07) is 0. The Morgan fingerprint density at radius 3 is 2.93 bits per heavy atom. The summed E-state index contributed by atoms with van der Waals surface area (Å²) in [6.45, 7) is 0.749. The molecule has 0 saturated carbocycles. The molecular weight excluding hydrogens is 242 g/mol. The Morgan fingerprint density at radius 2 is 2.40 bits per heavy atom. The summed E-state index contributed by atoms with van der Waals surface area (Å²) in [6.07, 6.45) is 2.63. The normalized spacial score (nSPS) is 22.1. The zero-order chi connectivity index (χ0) is 10.9. The van der Waals surface area contributed by atoms with Gasteiger partial charge in [-0.3, -0.25) is 5.10 Å². The highest BCUT2D eigenvalue weighted by Crippen LogP contribution is 2.16. The van der Waals surface area contributed by atoms with Crippen LogP contribution < -0.4 is 0 Å². The molecule has 1 atom stereocenters. The van der Waals surface area contributed by atoms with E-state index in [0.29, 0.717) is 12.2 Å². The van der Waals surface area contributed by atoms with Gasteiger partial charge in [0.1, 0.15) is 5.82 Å². The monoisotopic (exact) mass is 251 g/mol. The largest absolute Gasteiger partial charge is 0.378 e. The molecule has 1 fully saturated rings. The molecule has 2 rings (SSSR count). The van der Waals surface area contributed by atoms with E-state index < -0.39 is 9.05 Å². The van der Waals surface area contributed by atoms with Gasteiger partial charge in [0.05, 0.1) is 6.10 Å². The summed E-state index contributed by atoms with van der Waals surface area (Å²) in [5.41, 5.74) is 0. The second-order valence-corrected chi connectivity index (χ2v) is 5.80. The van der Waals surface area contributed by atoms with Crippen molar-refractivity contribution in [3.63, 3.8) is 0 Å². The Bertz CT molecular complexity index is 438. The fourth-order valence-electron chi connectivity index (χ4n) is 1.50. The van der Waals surface area contributed by atoms with E-state index in [1.165, 1.54) is 0 Å². The minimum atomic E-state index is -3.84. The number of nitrogens with zero attached hydrogens (tertiary/aromatic N) is 2. The molecule has 6 nitrogen and oxygen atoms in total. The lowest BCUT2D eigenvalue weighted by molar-refractivity contribution is 0.110. The Kier molecular flexibility index (Phi) is 2.94. The maximum Gasteiger partial charge on any atom is 0.298 e. The molecule has 1 aliphatic heterocycles. The minimum Gasteiger partial charge on any atom is -0.378 e. The van der Waals surface area contributed by atoms with E-state index in [0.717, 1.165) is 19.4 Å². The van der Waals surface area contributed by atoms with Crippen molar-refractivity contribution in [2.45, 2.75) is 30.5 Å². The van der Waals surface area contributed by atoms with Gasteiger partial charge in [-0.15, -0.1) is 5.10 Å². The van der Waals surface area contributed by atoms with E-state index in [2.05, 4.69) is 15.2 Å². The molecule has 1 unspecified atom stereocenters. The first-order valence-corrected chi connectivity index (χ1v) is 6.84. The standard InChI is InChI=1S/C7H10ClN3O3S/c8-15(12,13)7-9-6(10-11-7)4-5-2-1-3-14-5/h5H,1-4H2,(H,9,10,11). The molecular formula is C7H10ClN3O3S. The molecule has 0 bridgehead atoms. The molecule has 0 amide bonds. The van der Waals surface area contributed by atoms with Gasteiger partial charge in [-0.2, -0.15) is 0 Å². The van der Waals surface area contributed by atoms with Crippen LogP contribution in [0.4, 0.5) is 0 Å². The third-order valence-electron chi connectivity index (χ3n) is 2.17. The first-order chi connectivity index (χ1) is 7.05. The number of hydrogen-bond acceptors (Lipinski definition) is 5. The van der Waals surface area contributed by atoms with Crippen LogP contribution in [0, 0.1) is 0 Å². The number of hydrogen-bond donors (Lipinski definition) is 1. The molecule has 0 aromatic carbocycles. The van der Waals surface area contributed by atoms with Crippen molar-refractivity contribution in [3.05, 3.63) is 5.82 Å². The molecule has 8 heteroatoms. The van der Waals surface area contributed by atoms with E-state index >= 15 is 0 Å². The third-order valence-corrected chi connectivity index (χ3v) is 3.21. The van der Waals surface area contributed by atoms with Crippen LogP contribution in [0.5, 0.6) is 0 Å². The van der Waals surface area contributed by atoms with E-state index in [1.54, 1.807) is 0 Å². The van der Waals surface area contributed by atoms with Gasteiger partial charge >= 0.3 is 0 Å². The van der Waals surface area contributed by atoms with Crippen LogP contribution in [0.2, 0.25) is 0 Å². The van der Waals surface area contributed by atoms with Gasteiger partial charge in [-0.1, -0.05) is 0 Å². The second kappa shape index (κ2) is 4.07. The smallest absolute Gasteiger partial charge is 0.298 e. The highest BCUT2D eigenvalue weighted by Gasteiger charge is 2.21. The first kappa shape index (κ1) is 10.8. The molecule has 0 aliphatic carbocycles. The Morgan fingerprint density at radius 1 is 1.60 bits per heavy atom. The van der Waals surface area contributed by atoms with Gasteiger partial charge in [0.25, 0.3) is 14.2 Å². The number of ether oxygens (including phenoxy) is 1. The van der Waals surface area contributed by atoms with Crippen LogP contribution in [0.1, 0.15) is 18.7 Å². The summed E-state index contributed by atoms with van der Waals surface area (Å²) >= 11 is 0. The van der Waals surface area contributed by atoms with Gasteiger partial charge in [-0.05, 0) is 12.8 Å². The van der Waals surface area contributed by atoms with Gasteiger partial charge in [0.2, 0.25) is 0 Å². The second-order valence-electron chi connectivity index (χ2n) is 3.34. The van der Waals surface area contributed by atoms with Crippen molar-refractivity contribution < 1.29 is 13.2 Å². The number of nitrogens with one attached hydrogen (secondary N) is 1. The lowest BCUT2D eigenvalue weighted by Crippen LogP contribution is -2.10. The van der Waals surface area contributed by atoms with Crippen LogP contribution in [0.25, 0.3) is 0 Å². The molecule has 1 aromatic heterocycles. The Labute approximate surface area is 91.4 Å². The van der Waals surface area contributed by atoms with E-state index in [4.69, 9.17) is 15.4 Å². The Hall–Kier alpha value is -0.660. The summed E-state index contributed by atoms with van der Waals surface area (Å²) in [5, 5.41) is 5.67. The maximum absolute atomic E-state index is 10.9. The molecule has 0 radical (unpaired) electrons. The number of rotatable bonds is 3. The minimum absolute atomic E-state index is 0.101. The highest BCUT2D eigenvalue weighted by molar-refractivity contribution is 8.13. The van der Waals surface area contributed by atoms with Crippen molar-refractivity contribution in [3.8, 4) is 0 Å². The van der Waals surface area contributed by atoms with Crippen molar-refractivity contribution in [2.24, 2.45) is 0 Å². The third kappa shape index (κ3) is 2.67. The lowest BCUT2D eigenvalue weighted by atomic mass is 10.2. The summed E-state index contributed by atoms with van der Waals surface area (Å²) < 4.78 is 27.1. The van der Waals surface area contributed by atoms with Crippen molar-refractivity contribution in [2.75, 3.05) is 6.61 Å². The van der Waals surface area contributed by atoms with Gasteiger partial charge in [0, 0.05) is 23.7 Å². The van der Waals surface area contributed by atoms with Crippen molar-refractivity contribution in [1.82, 2.24) is 15.2 Å². The molecule has 1 aliphatic rings. The maximum atomic E-state index is 10.9. The number of H-pyrrole nitrogens is 1. The molecule has 15 heavy (non-hydrogen) atoms. The Balaban J connectivity index is 2.07. The quantitative estimate of drug-likeness (QED) is 0.789. The molecule has 84 valence electrons. The highest BCUT2D eigenvalue weighted by atomic mass is 35.7. The molecule has 1 aromatic rings. The first-order valence-electron chi connectivity index (χ1n) is 4.53. The number of aromatic amines is 1. The van der Waals surface area contributed by atoms with Gasteiger partial charge in [0.15, 0.2) is 0 Å². The topological polar surface area (TPSA) is 84.9 Å². The fourth-order valence-corrected chi connectivity index (χ4v) is 2.08. The van der Waals surface area contributed by atoms with Crippen LogP contribution in [-0.2, 0) is 20.2 Å². The zero-order valence-corrected chi connectivity index (χ0v) is 9.38. The number of halogens is 1. The average molecular weight is 252 g/mol. The average Bonchev–Trinajstić information content (AvgIpc) is 2.73. The van der Waals surface area contributed by atoms with Crippen molar-refractivity contribution in [1.29, 1.82) is 0 Å². The summed E-state index contributed by atoms with van der Waals surface area (Å²) in [5.74, 6) is 0.487. The van der Waals surface area contributed by atoms with Crippen molar-refractivity contribution >= 4 is 19.7 Å². The van der Waals surface area contributed by atoms with E-state index in [1.807, 2.05) is 0 Å².